The number of carbonyl (C=O) groups is 1. The van der Waals surface area contributed by atoms with E-state index in [2.05, 4.69) is 11.8 Å². The first-order valence-corrected chi connectivity index (χ1v) is 11.0. The molecule has 3 aromatic carbocycles. The van der Waals surface area contributed by atoms with Crippen LogP contribution in [0.1, 0.15) is 52.6 Å². The topological polar surface area (TPSA) is 86.8 Å². The minimum absolute atomic E-state index is 0.127. The lowest BCUT2D eigenvalue weighted by molar-refractivity contribution is 0.0460. The van der Waals surface area contributed by atoms with Crippen LogP contribution in [0.15, 0.2) is 84.9 Å². The number of nitrogens with two attached hydrogens (primary N) is 1. The van der Waals surface area contributed by atoms with Gasteiger partial charge in [0.15, 0.2) is 0 Å². The van der Waals surface area contributed by atoms with Crippen LogP contribution >= 0.6 is 0 Å². The smallest absolute Gasteiger partial charge is 0.248 e. The van der Waals surface area contributed by atoms with Crippen LogP contribution in [-0.2, 0) is 6.42 Å². The first kappa shape index (κ1) is 23.7. The molecule has 3 atom stereocenters. The summed E-state index contributed by atoms with van der Waals surface area (Å²) in [6.07, 6.45) is 0.381. The van der Waals surface area contributed by atoms with Crippen molar-refractivity contribution >= 4 is 5.91 Å². The fourth-order valence-corrected chi connectivity index (χ4v) is 3.83. The first-order chi connectivity index (χ1) is 15.4. The highest BCUT2D eigenvalue weighted by molar-refractivity contribution is 5.92. The maximum absolute atomic E-state index is 11.3. The summed E-state index contributed by atoms with van der Waals surface area (Å²) in [5, 5.41) is 21.6. The Hall–Kier alpha value is -2.99. The molecule has 0 radical (unpaired) electrons. The lowest BCUT2D eigenvalue weighted by Crippen LogP contribution is -2.39. The molecule has 0 spiro atoms. The molecule has 0 heterocycles. The van der Waals surface area contributed by atoms with Gasteiger partial charge in [0.2, 0.25) is 5.91 Å². The summed E-state index contributed by atoms with van der Waals surface area (Å²) >= 11 is 0. The van der Waals surface area contributed by atoms with Crippen molar-refractivity contribution in [3.05, 3.63) is 107 Å². The second kappa shape index (κ2) is 11.6. The third-order valence-electron chi connectivity index (χ3n) is 5.90. The molecule has 0 aliphatic heterocycles. The van der Waals surface area contributed by atoms with E-state index in [1.165, 1.54) is 0 Å². The summed E-state index contributed by atoms with van der Waals surface area (Å²) in [5.74, 6) is -0.430. The number of benzene rings is 3. The molecule has 168 valence electrons. The van der Waals surface area contributed by atoms with E-state index in [4.69, 9.17) is 5.73 Å². The lowest BCUT2D eigenvalue weighted by Gasteiger charge is -2.33. The molecule has 5 nitrogen and oxygen atoms in total. The maximum atomic E-state index is 11.3. The highest BCUT2D eigenvalue weighted by atomic mass is 16.3. The van der Waals surface area contributed by atoms with E-state index in [0.717, 1.165) is 29.5 Å². The van der Waals surface area contributed by atoms with Gasteiger partial charge in [0.25, 0.3) is 0 Å². The standard InChI is InChI=1S/C27H32N2O3/c1-20(12-13-21-14-16-24(17-15-21)27(28)32)29(18-25(30)22-8-4-2-5-9-22)19-26(31)23-10-6-3-7-11-23/h2-11,14-17,20,25-26,30-31H,12-13,18-19H2,1H3,(H2,28,32)/t20-,25-,26-/m0/s1. The Labute approximate surface area is 190 Å². The minimum atomic E-state index is -0.642. The van der Waals surface area contributed by atoms with Gasteiger partial charge in [0, 0.05) is 24.7 Å². The molecule has 0 fully saturated rings. The van der Waals surface area contributed by atoms with E-state index < -0.39 is 18.1 Å². The largest absolute Gasteiger partial charge is 0.387 e. The van der Waals surface area contributed by atoms with Gasteiger partial charge in [-0.3, -0.25) is 9.69 Å². The molecule has 3 aromatic rings. The Morgan fingerprint density at radius 3 is 1.72 bits per heavy atom. The van der Waals surface area contributed by atoms with E-state index in [9.17, 15) is 15.0 Å². The SMILES string of the molecule is C[C@@H](CCc1ccc(C(N)=O)cc1)N(C[C@H](O)c1ccccc1)C[C@H](O)c1ccccc1. The molecule has 0 saturated heterocycles. The molecule has 4 N–H and O–H groups in total. The molecular formula is C27H32N2O3. The minimum Gasteiger partial charge on any atom is -0.387 e. The fraction of sp³-hybridized carbons (Fsp3) is 0.296. The van der Waals surface area contributed by atoms with Crippen LogP contribution in [0.3, 0.4) is 0 Å². The number of aryl methyl sites for hydroxylation is 1. The van der Waals surface area contributed by atoms with E-state index in [1.807, 2.05) is 72.8 Å². The zero-order valence-electron chi connectivity index (χ0n) is 18.5. The fourth-order valence-electron chi connectivity index (χ4n) is 3.83. The Kier molecular flexibility index (Phi) is 8.56. The zero-order valence-corrected chi connectivity index (χ0v) is 18.5. The molecule has 0 saturated carbocycles. The summed E-state index contributed by atoms with van der Waals surface area (Å²) < 4.78 is 0. The number of primary amides is 1. The van der Waals surface area contributed by atoms with Gasteiger partial charge in [-0.05, 0) is 48.6 Å². The van der Waals surface area contributed by atoms with E-state index >= 15 is 0 Å². The Morgan fingerprint density at radius 2 is 1.28 bits per heavy atom. The first-order valence-electron chi connectivity index (χ1n) is 11.0. The Bertz CT molecular complexity index is 914. The monoisotopic (exact) mass is 432 g/mol. The third-order valence-corrected chi connectivity index (χ3v) is 5.90. The van der Waals surface area contributed by atoms with Gasteiger partial charge in [0.05, 0.1) is 12.2 Å². The average Bonchev–Trinajstić information content (AvgIpc) is 2.83. The predicted octanol–water partition coefficient (Wildman–Crippen LogP) is 3.88. The van der Waals surface area contributed by atoms with Crippen LogP contribution in [0, 0.1) is 0 Å². The van der Waals surface area contributed by atoms with Gasteiger partial charge in [0.1, 0.15) is 0 Å². The van der Waals surface area contributed by atoms with Gasteiger partial charge in [-0.15, -0.1) is 0 Å². The number of carbonyl (C=O) groups excluding carboxylic acids is 1. The van der Waals surface area contributed by atoms with E-state index in [-0.39, 0.29) is 6.04 Å². The molecule has 0 unspecified atom stereocenters. The van der Waals surface area contributed by atoms with Crippen LogP contribution < -0.4 is 5.73 Å². The average molecular weight is 433 g/mol. The van der Waals surface area contributed by atoms with Crippen LogP contribution in [-0.4, -0.2) is 40.2 Å². The third kappa shape index (κ3) is 6.76. The second-order valence-corrected chi connectivity index (χ2v) is 8.26. The molecule has 32 heavy (non-hydrogen) atoms. The number of aliphatic hydroxyl groups excluding tert-OH is 2. The van der Waals surface area contributed by atoms with Gasteiger partial charge in [-0.2, -0.15) is 0 Å². The van der Waals surface area contributed by atoms with Gasteiger partial charge < -0.3 is 15.9 Å². The lowest BCUT2D eigenvalue weighted by atomic mass is 10.0. The molecule has 0 aliphatic carbocycles. The number of nitrogens with zero attached hydrogens (tertiary/aromatic N) is 1. The molecule has 3 rings (SSSR count). The summed E-state index contributed by atoms with van der Waals surface area (Å²) in [7, 11) is 0. The molecule has 0 aliphatic rings. The normalized spacial score (nSPS) is 14.1. The highest BCUT2D eigenvalue weighted by Gasteiger charge is 2.22. The summed E-state index contributed by atoms with van der Waals surface area (Å²) in [6.45, 7) is 2.97. The maximum Gasteiger partial charge on any atom is 0.248 e. The summed E-state index contributed by atoms with van der Waals surface area (Å²) in [5.41, 5.74) is 8.67. The highest BCUT2D eigenvalue weighted by Crippen LogP contribution is 2.21. The van der Waals surface area contributed by atoms with Crippen LogP contribution in [0.25, 0.3) is 0 Å². The molecule has 1 amide bonds. The van der Waals surface area contributed by atoms with Crippen molar-refractivity contribution in [2.24, 2.45) is 5.73 Å². The predicted molar refractivity (Wildman–Crippen MR) is 127 cm³/mol. The van der Waals surface area contributed by atoms with E-state index in [1.54, 1.807) is 12.1 Å². The quantitative estimate of drug-likeness (QED) is 0.429. The number of aliphatic hydroxyl groups is 2. The van der Waals surface area contributed by atoms with Gasteiger partial charge >= 0.3 is 0 Å². The molecule has 5 heteroatoms. The van der Waals surface area contributed by atoms with Crippen molar-refractivity contribution in [2.75, 3.05) is 13.1 Å². The molecule has 0 bridgehead atoms. The van der Waals surface area contributed by atoms with Gasteiger partial charge in [-0.1, -0.05) is 72.8 Å². The van der Waals surface area contributed by atoms with Crippen molar-refractivity contribution in [3.63, 3.8) is 0 Å². The van der Waals surface area contributed by atoms with Crippen molar-refractivity contribution < 1.29 is 15.0 Å². The van der Waals surface area contributed by atoms with Crippen molar-refractivity contribution in [2.45, 2.75) is 38.0 Å². The van der Waals surface area contributed by atoms with Gasteiger partial charge in [-0.25, -0.2) is 0 Å². The number of amides is 1. The second-order valence-electron chi connectivity index (χ2n) is 8.26. The Balaban J connectivity index is 1.68. The van der Waals surface area contributed by atoms with Crippen LogP contribution in [0.4, 0.5) is 0 Å². The Morgan fingerprint density at radius 1 is 0.812 bits per heavy atom. The van der Waals surface area contributed by atoms with Crippen molar-refractivity contribution in [3.8, 4) is 0 Å². The summed E-state index contributed by atoms with van der Waals surface area (Å²) in [6, 6.07) is 26.7. The van der Waals surface area contributed by atoms with E-state index in [0.29, 0.717) is 18.7 Å². The van der Waals surface area contributed by atoms with Crippen molar-refractivity contribution in [1.82, 2.24) is 4.90 Å². The summed E-state index contributed by atoms with van der Waals surface area (Å²) in [4.78, 5) is 13.4. The number of hydrogen-bond acceptors (Lipinski definition) is 4. The number of hydrogen-bond donors (Lipinski definition) is 3. The zero-order chi connectivity index (χ0) is 22.9. The van der Waals surface area contributed by atoms with Crippen LogP contribution in [0.5, 0.6) is 0 Å². The van der Waals surface area contributed by atoms with Crippen molar-refractivity contribution in [1.29, 1.82) is 0 Å². The molecular weight excluding hydrogens is 400 g/mol. The number of rotatable bonds is 11. The van der Waals surface area contributed by atoms with Crippen LogP contribution in [0.2, 0.25) is 0 Å². The molecule has 0 aromatic heterocycles.